The molecule has 0 bridgehead atoms. The smallest absolute Gasteiger partial charge is 0.343 e. The van der Waals surface area contributed by atoms with Gasteiger partial charge in [0.1, 0.15) is 0 Å². The summed E-state index contributed by atoms with van der Waals surface area (Å²) in [6.45, 7) is 0.184. The first-order valence-corrected chi connectivity index (χ1v) is 5.06. The Morgan fingerprint density at radius 3 is 2.71 bits per heavy atom. The molecule has 0 saturated carbocycles. The normalized spacial score (nSPS) is 24.7. The van der Waals surface area contributed by atoms with Crippen LogP contribution in [-0.2, 0) is 15.1 Å². The van der Waals surface area contributed by atoms with Crippen LogP contribution in [0.1, 0.15) is 5.56 Å². The quantitative estimate of drug-likeness (QED) is 0.845. The van der Waals surface area contributed by atoms with Gasteiger partial charge in [-0.05, 0) is 12.1 Å². The highest BCUT2D eigenvalue weighted by Gasteiger charge is 2.55. The van der Waals surface area contributed by atoms with Crippen molar-refractivity contribution >= 4 is 33.5 Å². The van der Waals surface area contributed by atoms with Gasteiger partial charge in [0, 0.05) is 15.1 Å². The average molecular weight is 278 g/mol. The van der Waals surface area contributed by atoms with Gasteiger partial charge < -0.3 is 9.84 Å². The number of hydrogen-bond donors (Lipinski definition) is 1. The highest BCUT2D eigenvalue weighted by molar-refractivity contribution is 9.10. The van der Waals surface area contributed by atoms with E-state index < -0.39 is 11.6 Å². The zero-order valence-corrected chi connectivity index (χ0v) is 9.30. The lowest BCUT2D eigenvalue weighted by Gasteiger charge is -2.08. The summed E-state index contributed by atoms with van der Waals surface area (Å²) in [7, 11) is 0. The molecule has 1 aliphatic rings. The number of hydrogen-bond acceptors (Lipinski definition) is 2. The first kappa shape index (κ1) is 9.96. The van der Waals surface area contributed by atoms with Crippen LogP contribution >= 0.6 is 27.5 Å². The van der Waals surface area contributed by atoms with Gasteiger partial charge in [0.25, 0.3) is 0 Å². The third kappa shape index (κ3) is 1.43. The molecule has 1 fully saturated rings. The molecule has 1 atom stereocenters. The lowest BCUT2D eigenvalue weighted by Crippen LogP contribution is -2.21. The number of carboxylic acids is 1. The van der Waals surface area contributed by atoms with Crippen molar-refractivity contribution in [1.82, 2.24) is 0 Å². The molecule has 0 spiro atoms. The van der Waals surface area contributed by atoms with E-state index in [1.807, 2.05) is 0 Å². The maximum absolute atomic E-state index is 10.9. The molecule has 5 heteroatoms. The highest BCUT2D eigenvalue weighted by atomic mass is 79.9. The van der Waals surface area contributed by atoms with Crippen LogP contribution in [0, 0.1) is 0 Å². The monoisotopic (exact) mass is 276 g/mol. The molecule has 2 rings (SSSR count). The molecule has 0 radical (unpaired) electrons. The van der Waals surface area contributed by atoms with Gasteiger partial charge >= 0.3 is 5.97 Å². The first-order valence-electron chi connectivity index (χ1n) is 3.89. The van der Waals surface area contributed by atoms with Crippen LogP contribution < -0.4 is 0 Å². The standard InChI is InChI=1S/C9H6BrClO3/c10-5-1-2-6(7(11)3-5)9(4-14-9)8(12)13/h1-3H,4H2,(H,12,13). The Morgan fingerprint density at radius 2 is 2.29 bits per heavy atom. The molecule has 74 valence electrons. The molecule has 1 saturated heterocycles. The maximum atomic E-state index is 10.9. The summed E-state index contributed by atoms with van der Waals surface area (Å²) in [5.41, 5.74) is -0.701. The molecule has 14 heavy (non-hydrogen) atoms. The van der Waals surface area contributed by atoms with Crippen LogP contribution in [0.15, 0.2) is 22.7 Å². The third-order valence-electron chi connectivity index (χ3n) is 2.14. The lowest BCUT2D eigenvalue weighted by atomic mass is 10.0. The van der Waals surface area contributed by atoms with Crippen LogP contribution in [0.5, 0.6) is 0 Å². The van der Waals surface area contributed by atoms with E-state index in [-0.39, 0.29) is 6.61 Å². The molecular formula is C9H6BrClO3. The third-order valence-corrected chi connectivity index (χ3v) is 2.95. The number of rotatable bonds is 2. The molecule has 1 unspecified atom stereocenters. The van der Waals surface area contributed by atoms with Gasteiger partial charge in [-0.3, -0.25) is 0 Å². The second-order valence-electron chi connectivity index (χ2n) is 3.05. The number of benzene rings is 1. The van der Waals surface area contributed by atoms with E-state index in [4.69, 9.17) is 21.4 Å². The van der Waals surface area contributed by atoms with Gasteiger partial charge in [0.15, 0.2) is 0 Å². The summed E-state index contributed by atoms with van der Waals surface area (Å²) >= 11 is 9.17. The number of carboxylic acid groups (broad SMARTS) is 1. The predicted octanol–water partition coefficient (Wildman–Crippen LogP) is 2.41. The number of aliphatic carboxylic acids is 1. The summed E-state index contributed by atoms with van der Waals surface area (Å²) in [6, 6.07) is 5.06. The Kier molecular flexibility index (Phi) is 2.29. The maximum Gasteiger partial charge on any atom is 0.343 e. The van der Waals surface area contributed by atoms with Crippen molar-refractivity contribution in [3.8, 4) is 0 Å². The number of epoxide rings is 1. The van der Waals surface area contributed by atoms with E-state index in [1.54, 1.807) is 18.2 Å². The van der Waals surface area contributed by atoms with Crippen molar-refractivity contribution in [2.75, 3.05) is 6.61 Å². The van der Waals surface area contributed by atoms with Gasteiger partial charge in [-0.1, -0.05) is 33.6 Å². The van der Waals surface area contributed by atoms with E-state index in [2.05, 4.69) is 15.9 Å². The minimum absolute atomic E-state index is 0.184. The largest absolute Gasteiger partial charge is 0.479 e. The molecule has 0 amide bonds. The van der Waals surface area contributed by atoms with Crippen LogP contribution in [0.3, 0.4) is 0 Å². The summed E-state index contributed by atoms with van der Waals surface area (Å²) in [5.74, 6) is -0.998. The Labute approximate surface area is 93.8 Å². The summed E-state index contributed by atoms with van der Waals surface area (Å²) in [5, 5.41) is 9.36. The van der Waals surface area contributed by atoms with Crippen LogP contribution in [0.2, 0.25) is 5.02 Å². The minimum atomic E-state index is -1.21. The van der Waals surface area contributed by atoms with Gasteiger partial charge in [-0.25, -0.2) is 4.79 Å². The number of carbonyl (C=O) groups is 1. The van der Waals surface area contributed by atoms with Crippen molar-refractivity contribution in [3.63, 3.8) is 0 Å². The second-order valence-corrected chi connectivity index (χ2v) is 4.37. The molecule has 1 aliphatic heterocycles. The fourth-order valence-corrected chi connectivity index (χ4v) is 2.11. The fourth-order valence-electron chi connectivity index (χ4n) is 1.28. The van der Waals surface area contributed by atoms with Crippen molar-refractivity contribution in [2.24, 2.45) is 0 Å². The molecule has 1 aromatic rings. The number of halogens is 2. The van der Waals surface area contributed by atoms with E-state index >= 15 is 0 Å². The second kappa shape index (κ2) is 3.22. The van der Waals surface area contributed by atoms with E-state index in [9.17, 15) is 4.79 Å². The first-order chi connectivity index (χ1) is 6.56. The molecule has 1 N–H and O–H groups in total. The average Bonchev–Trinajstić information content (AvgIpc) is 2.84. The van der Waals surface area contributed by atoms with Gasteiger partial charge in [0.05, 0.1) is 6.61 Å². The molecular weight excluding hydrogens is 271 g/mol. The molecule has 0 aromatic heterocycles. The molecule has 1 aromatic carbocycles. The Hall–Kier alpha value is -0.580. The van der Waals surface area contributed by atoms with Crippen LogP contribution in [0.4, 0.5) is 0 Å². The Balaban J connectivity index is 2.47. The van der Waals surface area contributed by atoms with Crippen LogP contribution in [0.25, 0.3) is 0 Å². The molecule has 3 nitrogen and oxygen atoms in total. The van der Waals surface area contributed by atoms with E-state index in [0.29, 0.717) is 10.6 Å². The topological polar surface area (TPSA) is 49.8 Å². The van der Waals surface area contributed by atoms with E-state index in [0.717, 1.165) is 4.47 Å². The summed E-state index contributed by atoms with van der Waals surface area (Å²) in [6.07, 6.45) is 0. The SMILES string of the molecule is O=C(O)C1(c2ccc(Br)cc2Cl)CO1. The predicted molar refractivity (Wildman–Crippen MR) is 54.4 cm³/mol. The number of ether oxygens (including phenoxy) is 1. The van der Waals surface area contributed by atoms with Crippen molar-refractivity contribution < 1.29 is 14.6 Å². The molecule has 0 aliphatic carbocycles. The zero-order valence-electron chi connectivity index (χ0n) is 6.96. The fraction of sp³-hybridized carbons (Fsp3) is 0.222. The Bertz CT molecular complexity index is 401. The van der Waals surface area contributed by atoms with Crippen molar-refractivity contribution in [3.05, 3.63) is 33.3 Å². The van der Waals surface area contributed by atoms with Gasteiger partial charge in [-0.15, -0.1) is 0 Å². The highest BCUT2D eigenvalue weighted by Crippen LogP contribution is 2.42. The molecule has 1 heterocycles. The minimum Gasteiger partial charge on any atom is -0.479 e. The summed E-state index contributed by atoms with van der Waals surface area (Å²) < 4.78 is 5.78. The Morgan fingerprint density at radius 1 is 1.64 bits per heavy atom. The van der Waals surface area contributed by atoms with Crippen LogP contribution in [-0.4, -0.2) is 17.7 Å². The lowest BCUT2D eigenvalue weighted by molar-refractivity contribution is -0.143. The van der Waals surface area contributed by atoms with Gasteiger partial charge in [-0.2, -0.15) is 0 Å². The van der Waals surface area contributed by atoms with Crippen molar-refractivity contribution in [1.29, 1.82) is 0 Å². The van der Waals surface area contributed by atoms with E-state index in [1.165, 1.54) is 0 Å². The van der Waals surface area contributed by atoms with Crippen molar-refractivity contribution in [2.45, 2.75) is 5.60 Å². The van der Waals surface area contributed by atoms with Gasteiger partial charge in [0.2, 0.25) is 5.60 Å². The summed E-state index contributed by atoms with van der Waals surface area (Å²) in [4.78, 5) is 10.9. The zero-order chi connectivity index (χ0) is 10.3.